The molecule has 2 aromatic heterocycles. The molecule has 98 valence electrons. The summed E-state index contributed by atoms with van der Waals surface area (Å²) in [5.41, 5.74) is 10.1. The topological polar surface area (TPSA) is 38.9 Å². The van der Waals surface area contributed by atoms with Gasteiger partial charge in [0.2, 0.25) is 0 Å². The molecule has 2 aromatic rings. The second-order valence-corrected chi connectivity index (χ2v) is 7.38. The van der Waals surface area contributed by atoms with Crippen LogP contribution in [0.15, 0.2) is 16.1 Å². The van der Waals surface area contributed by atoms with E-state index in [2.05, 4.69) is 43.8 Å². The molecule has 0 aliphatic carbocycles. The van der Waals surface area contributed by atoms with Gasteiger partial charge in [0.25, 0.3) is 0 Å². The number of hydrogen-bond acceptors (Lipinski definition) is 4. The van der Waals surface area contributed by atoms with Crippen LogP contribution in [-0.2, 0) is 11.8 Å². The first kappa shape index (κ1) is 13.7. The number of aryl methyl sites for hydroxylation is 1. The number of nitrogens with two attached hydrogens (primary N) is 1. The Balaban J connectivity index is 2.11. The lowest BCUT2D eigenvalue weighted by Gasteiger charge is -2.14. The number of hydrogen-bond donors (Lipinski definition) is 1. The summed E-state index contributed by atoms with van der Waals surface area (Å²) in [7, 11) is 0. The van der Waals surface area contributed by atoms with Gasteiger partial charge in [0, 0.05) is 23.3 Å². The van der Waals surface area contributed by atoms with Gasteiger partial charge in [0.05, 0.1) is 10.7 Å². The maximum absolute atomic E-state index is 6.26. The van der Waals surface area contributed by atoms with Crippen molar-refractivity contribution in [2.24, 2.45) is 5.73 Å². The molecule has 1 atom stereocenters. The van der Waals surface area contributed by atoms with Gasteiger partial charge in [-0.2, -0.15) is 11.3 Å². The Labute approximate surface area is 117 Å². The quantitative estimate of drug-likeness (QED) is 0.921. The van der Waals surface area contributed by atoms with Gasteiger partial charge in [-0.15, -0.1) is 11.3 Å². The van der Waals surface area contributed by atoms with Crippen LogP contribution in [0.3, 0.4) is 0 Å². The van der Waals surface area contributed by atoms with E-state index in [0.717, 1.165) is 17.1 Å². The van der Waals surface area contributed by atoms with Crippen LogP contribution in [0.4, 0.5) is 0 Å². The Kier molecular flexibility index (Phi) is 3.90. The Morgan fingerprint density at radius 1 is 1.28 bits per heavy atom. The van der Waals surface area contributed by atoms with Crippen molar-refractivity contribution < 1.29 is 0 Å². The predicted octanol–water partition coefficient (Wildman–Crippen LogP) is 4.05. The number of aromatic nitrogens is 1. The van der Waals surface area contributed by atoms with Gasteiger partial charge >= 0.3 is 0 Å². The maximum Gasteiger partial charge on any atom is 0.0947 e. The summed E-state index contributed by atoms with van der Waals surface area (Å²) >= 11 is 3.44. The molecule has 0 radical (unpaired) electrons. The Bertz CT molecular complexity index is 520. The summed E-state index contributed by atoms with van der Waals surface area (Å²) in [5.74, 6) is 0. The molecule has 0 amide bonds. The smallest absolute Gasteiger partial charge is 0.0947 e. The first-order valence-electron chi connectivity index (χ1n) is 6.11. The molecule has 18 heavy (non-hydrogen) atoms. The lowest BCUT2D eigenvalue weighted by Crippen LogP contribution is -2.15. The van der Waals surface area contributed by atoms with E-state index < -0.39 is 0 Å². The molecule has 0 aliphatic rings. The Morgan fingerprint density at radius 2 is 2.00 bits per heavy atom. The summed E-state index contributed by atoms with van der Waals surface area (Å²) < 4.78 is 0. The minimum absolute atomic E-state index is 0.0650. The molecule has 0 saturated carbocycles. The van der Waals surface area contributed by atoms with E-state index in [4.69, 9.17) is 10.7 Å². The van der Waals surface area contributed by atoms with Crippen molar-refractivity contribution in [1.29, 1.82) is 0 Å². The lowest BCUT2D eigenvalue weighted by atomic mass is 9.93. The molecule has 0 bridgehead atoms. The van der Waals surface area contributed by atoms with Crippen molar-refractivity contribution in [2.45, 2.75) is 45.6 Å². The minimum Gasteiger partial charge on any atom is -0.324 e. The van der Waals surface area contributed by atoms with Crippen LogP contribution >= 0.6 is 22.7 Å². The monoisotopic (exact) mass is 280 g/mol. The summed E-state index contributed by atoms with van der Waals surface area (Å²) in [6.45, 7) is 8.69. The van der Waals surface area contributed by atoms with Crippen molar-refractivity contribution in [3.05, 3.63) is 38.0 Å². The van der Waals surface area contributed by atoms with Crippen LogP contribution in [0.5, 0.6) is 0 Å². The molecule has 2 rings (SSSR count). The molecule has 0 saturated heterocycles. The standard InChI is InChI=1S/C14H20N2S2/c1-9-6-17-7-10(9)11(15)5-13-16-12(8-18-13)14(2,3)4/h6-8,11H,5,15H2,1-4H3. The van der Waals surface area contributed by atoms with Gasteiger partial charge in [-0.05, 0) is 28.8 Å². The van der Waals surface area contributed by atoms with Gasteiger partial charge in [-0.3, -0.25) is 0 Å². The summed E-state index contributed by atoms with van der Waals surface area (Å²) in [6, 6.07) is 0.0650. The van der Waals surface area contributed by atoms with E-state index in [1.165, 1.54) is 11.1 Å². The molecule has 4 heteroatoms. The van der Waals surface area contributed by atoms with Crippen LogP contribution in [0.2, 0.25) is 0 Å². The van der Waals surface area contributed by atoms with Crippen LogP contribution < -0.4 is 5.73 Å². The molecule has 0 spiro atoms. The minimum atomic E-state index is 0.0650. The van der Waals surface area contributed by atoms with Gasteiger partial charge in [-0.1, -0.05) is 20.8 Å². The normalized spacial score (nSPS) is 13.8. The molecular weight excluding hydrogens is 260 g/mol. The molecule has 0 fully saturated rings. The zero-order chi connectivity index (χ0) is 13.3. The molecule has 0 aliphatic heterocycles. The van der Waals surface area contributed by atoms with Gasteiger partial charge in [0.1, 0.15) is 0 Å². The van der Waals surface area contributed by atoms with Gasteiger partial charge in [0.15, 0.2) is 0 Å². The molecule has 2 N–H and O–H groups in total. The van der Waals surface area contributed by atoms with Crippen molar-refractivity contribution in [3.63, 3.8) is 0 Å². The summed E-state index contributed by atoms with van der Waals surface area (Å²) in [5, 5.41) is 7.59. The Hall–Kier alpha value is -0.710. The summed E-state index contributed by atoms with van der Waals surface area (Å²) in [4.78, 5) is 4.70. The van der Waals surface area contributed by atoms with Gasteiger partial charge < -0.3 is 5.73 Å². The summed E-state index contributed by atoms with van der Waals surface area (Å²) in [6.07, 6.45) is 0.832. The molecule has 2 heterocycles. The largest absolute Gasteiger partial charge is 0.324 e. The van der Waals surface area contributed by atoms with Crippen LogP contribution in [0.1, 0.15) is 48.6 Å². The molecule has 2 nitrogen and oxygen atoms in total. The average Bonchev–Trinajstić information content (AvgIpc) is 2.85. The average molecular weight is 280 g/mol. The van der Waals surface area contributed by atoms with E-state index in [9.17, 15) is 0 Å². The van der Waals surface area contributed by atoms with E-state index >= 15 is 0 Å². The number of nitrogens with zero attached hydrogens (tertiary/aromatic N) is 1. The van der Waals surface area contributed by atoms with E-state index in [0.29, 0.717) is 0 Å². The number of rotatable bonds is 3. The second-order valence-electron chi connectivity index (χ2n) is 5.70. The third kappa shape index (κ3) is 2.99. The predicted molar refractivity (Wildman–Crippen MR) is 80.5 cm³/mol. The second kappa shape index (κ2) is 5.11. The van der Waals surface area contributed by atoms with Crippen molar-refractivity contribution in [1.82, 2.24) is 4.98 Å². The zero-order valence-electron chi connectivity index (χ0n) is 11.4. The Morgan fingerprint density at radius 3 is 2.50 bits per heavy atom. The molecule has 0 aromatic carbocycles. The lowest BCUT2D eigenvalue weighted by molar-refractivity contribution is 0.569. The highest BCUT2D eigenvalue weighted by Crippen LogP contribution is 2.27. The first-order valence-corrected chi connectivity index (χ1v) is 7.93. The van der Waals surface area contributed by atoms with Crippen LogP contribution in [0, 0.1) is 6.92 Å². The fraction of sp³-hybridized carbons (Fsp3) is 0.500. The highest BCUT2D eigenvalue weighted by atomic mass is 32.1. The molecule has 1 unspecified atom stereocenters. The highest BCUT2D eigenvalue weighted by molar-refractivity contribution is 7.09. The van der Waals surface area contributed by atoms with Gasteiger partial charge in [-0.25, -0.2) is 4.98 Å². The fourth-order valence-corrected chi connectivity index (χ4v) is 3.79. The van der Waals surface area contributed by atoms with E-state index in [-0.39, 0.29) is 11.5 Å². The van der Waals surface area contributed by atoms with E-state index in [1.807, 2.05) is 0 Å². The third-order valence-corrected chi connectivity index (χ3v) is 4.76. The molecular formula is C14H20N2S2. The SMILES string of the molecule is Cc1cscc1C(N)Cc1nc(C(C)(C)C)cs1. The zero-order valence-corrected chi connectivity index (χ0v) is 13.0. The maximum atomic E-state index is 6.26. The van der Waals surface area contributed by atoms with Crippen molar-refractivity contribution >= 4 is 22.7 Å². The van der Waals surface area contributed by atoms with Crippen LogP contribution in [-0.4, -0.2) is 4.98 Å². The fourth-order valence-electron chi connectivity index (χ4n) is 1.80. The van der Waals surface area contributed by atoms with Crippen molar-refractivity contribution in [3.8, 4) is 0 Å². The van der Waals surface area contributed by atoms with Crippen LogP contribution in [0.25, 0.3) is 0 Å². The third-order valence-electron chi connectivity index (χ3n) is 3.01. The highest BCUT2D eigenvalue weighted by Gasteiger charge is 2.19. The van der Waals surface area contributed by atoms with Crippen molar-refractivity contribution in [2.75, 3.05) is 0 Å². The number of thiazole rings is 1. The number of thiophene rings is 1. The van der Waals surface area contributed by atoms with E-state index in [1.54, 1.807) is 22.7 Å². The first-order chi connectivity index (χ1) is 8.38.